The van der Waals surface area contributed by atoms with E-state index in [1.807, 2.05) is 43.3 Å². The molecule has 0 radical (unpaired) electrons. The Morgan fingerprint density at radius 1 is 1.15 bits per heavy atom. The summed E-state index contributed by atoms with van der Waals surface area (Å²) in [5.41, 5.74) is 3.49. The molecule has 3 aromatic rings. The van der Waals surface area contributed by atoms with Gasteiger partial charge in [-0.05, 0) is 37.5 Å². The largest absolute Gasteiger partial charge is 0.380 e. The van der Waals surface area contributed by atoms with Crippen LogP contribution in [-0.4, -0.2) is 23.7 Å². The van der Waals surface area contributed by atoms with Crippen LogP contribution < -0.4 is 4.80 Å². The highest BCUT2D eigenvalue weighted by Gasteiger charge is 2.10. The van der Waals surface area contributed by atoms with Crippen molar-refractivity contribution < 1.29 is 9.53 Å². The SMILES string of the molecule is CCOCCn1c(=NC(=O)CCc2ccccc2)sc2cccc(C)c21. The molecule has 1 aromatic heterocycles. The summed E-state index contributed by atoms with van der Waals surface area (Å²) in [4.78, 5) is 17.6. The van der Waals surface area contributed by atoms with Gasteiger partial charge in [0, 0.05) is 19.6 Å². The van der Waals surface area contributed by atoms with E-state index >= 15 is 0 Å². The van der Waals surface area contributed by atoms with E-state index in [4.69, 9.17) is 4.74 Å². The number of fused-ring (bicyclic) bond motifs is 1. The Hall–Kier alpha value is -2.24. The lowest BCUT2D eigenvalue weighted by molar-refractivity contribution is -0.118. The number of para-hydroxylation sites is 1. The lowest BCUT2D eigenvalue weighted by Gasteiger charge is -2.07. The molecule has 0 aliphatic carbocycles. The van der Waals surface area contributed by atoms with E-state index in [0.717, 1.165) is 20.6 Å². The minimum atomic E-state index is -0.0803. The Morgan fingerprint density at radius 3 is 2.73 bits per heavy atom. The van der Waals surface area contributed by atoms with Gasteiger partial charge in [-0.3, -0.25) is 4.79 Å². The number of thiazole rings is 1. The van der Waals surface area contributed by atoms with Crippen LogP contribution in [0.3, 0.4) is 0 Å². The van der Waals surface area contributed by atoms with Crippen molar-refractivity contribution in [3.63, 3.8) is 0 Å². The van der Waals surface area contributed by atoms with Crippen LogP contribution in [0, 0.1) is 6.92 Å². The maximum Gasteiger partial charge on any atom is 0.248 e. The Bertz CT molecular complexity index is 942. The first kappa shape index (κ1) is 18.5. The molecule has 0 aliphatic heterocycles. The van der Waals surface area contributed by atoms with E-state index in [9.17, 15) is 4.79 Å². The normalized spacial score (nSPS) is 12.0. The zero-order valence-corrected chi connectivity index (χ0v) is 16.1. The molecule has 0 saturated carbocycles. The van der Waals surface area contributed by atoms with Crippen LogP contribution >= 0.6 is 11.3 Å². The molecular formula is C21H24N2O2S. The van der Waals surface area contributed by atoms with Gasteiger partial charge in [-0.2, -0.15) is 4.99 Å². The first-order valence-electron chi connectivity index (χ1n) is 8.97. The van der Waals surface area contributed by atoms with Crippen molar-refractivity contribution in [1.29, 1.82) is 0 Å². The fourth-order valence-corrected chi connectivity index (χ4v) is 4.11. The standard InChI is InChI=1S/C21H24N2O2S/c1-3-25-15-14-23-20-16(2)8-7-11-18(20)26-21(23)22-19(24)13-12-17-9-5-4-6-10-17/h4-11H,3,12-15H2,1-2H3. The molecule has 0 bridgehead atoms. The van der Waals surface area contributed by atoms with Crippen molar-refractivity contribution in [2.45, 2.75) is 33.2 Å². The van der Waals surface area contributed by atoms with E-state index < -0.39 is 0 Å². The molecule has 0 atom stereocenters. The summed E-state index contributed by atoms with van der Waals surface area (Å²) in [6.45, 7) is 6.07. The first-order chi connectivity index (χ1) is 12.7. The quantitative estimate of drug-likeness (QED) is 0.589. The van der Waals surface area contributed by atoms with Gasteiger partial charge in [0.2, 0.25) is 5.91 Å². The summed E-state index contributed by atoms with van der Waals surface area (Å²) >= 11 is 1.57. The van der Waals surface area contributed by atoms with Crippen molar-refractivity contribution >= 4 is 27.5 Å². The van der Waals surface area contributed by atoms with Gasteiger partial charge < -0.3 is 9.30 Å². The first-order valence-corrected chi connectivity index (χ1v) is 9.79. The average Bonchev–Trinajstić information content (AvgIpc) is 3.00. The lowest BCUT2D eigenvalue weighted by atomic mass is 10.1. The van der Waals surface area contributed by atoms with Gasteiger partial charge in [0.15, 0.2) is 4.80 Å². The smallest absolute Gasteiger partial charge is 0.248 e. The number of amides is 1. The molecule has 26 heavy (non-hydrogen) atoms. The molecule has 1 amide bonds. The number of carbonyl (C=O) groups excluding carboxylic acids is 1. The zero-order valence-electron chi connectivity index (χ0n) is 15.3. The number of nitrogens with zero attached hydrogens (tertiary/aromatic N) is 2. The fourth-order valence-electron chi connectivity index (χ4n) is 2.96. The number of rotatable bonds is 7. The van der Waals surface area contributed by atoms with E-state index in [2.05, 4.69) is 28.6 Å². The average molecular weight is 369 g/mol. The molecule has 0 saturated heterocycles. The second-order valence-electron chi connectivity index (χ2n) is 6.15. The molecule has 0 unspecified atom stereocenters. The van der Waals surface area contributed by atoms with Crippen molar-refractivity contribution in [1.82, 2.24) is 4.57 Å². The summed E-state index contributed by atoms with van der Waals surface area (Å²) in [5, 5.41) is 0. The minimum absolute atomic E-state index is 0.0803. The molecular weight excluding hydrogens is 344 g/mol. The monoisotopic (exact) mass is 368 g/mol. The van der Waals surface area contributed by atoms with Crippen LogP contribution in [0.5, 0.6) is 0 Å². The second kappa shape index (κ2) is 8.92. The number of hydrogen-bond acceptors (Lipinski definition) is 3. The number of aromatic nitrogens is 1. The van der Waals surface area contributed by atoms with Crippen molar-refractivity contribution in [3.8, 4) is 0 Å². The van der Waals surface area contributed by atoms with E-state index in [1.54, 1.807) is 11.3 Å². The van der Waals surface area contributed by atoms with E-state index in [0.29, 0.717) is 32.6 Å². The summed E-state index contributed by atoms with van der Waals surface area (Å²) in [6.07, 6.45) is 1.13. The van der Waals surface area contributed by atoms with Gasteiger partial charge >= 0.3 is 0 Å². The van der Waals surface area contributed by atoms with Crippen LogP contribution in [0.2, 0.25) is 0 Å². The maximum absolute atomic E-state index is 12.4. The summed E-state index contributed by atoms with van der Waals surface area (Å²) in [7, 11) is 0. The van der Waals surface area contributed by atoms with Crippen LogP contribution in [0.25, 0.3) is 10.2 Å². The van der Waals surface area contributed by atoms with Gasteiger partial charge in [0.25, 0.3) is 0 Å². The van der Waals surface area contributed by atoms with Crippen LogP contribution in [-0.2, 0) is 22.5 Å². The van der Waals surface area contributed by atoms with Crippen LogP contribution in [0.15, 0.2) is 53.5 Å². The molecule has 2 aromatic carbocycles. The molecule has 0 fully saturated rings. The Morgan fingerprint density at radius 2 is 1.96 bits per heavy atom. The van der Waals surface area contributed by atoms with Crippen LogP contribution in [0.4, 0.5) is 0 Å². The Labute approximate surface area is 157 Å². The number of ether oxygens (including phenoxy) is 1. The third-order valence-corrected chi connectivity index (χ3v) is 5.30. The molecule has 5 heteroatoms. The molecule has 0 aliphatic rings. The maximum atomic E-state index is 12.4. The summed E-state index contributed by atoms with van der Waals surface area (Å²) in [5.74, 6) is -0.0803. The minimum Gasteiger partial charge on any atom is -0.380 e. The van der Waals surface area contributed by atoms with E-state index in [-0.39, 0.29) is 5.91 Å². The predicted octanol–water partition coefficient (Wildman–Crippen LogP) is 4.11. The lowest BCUT2D eigenvalue weighted by Crippen LogP contribution is -2.20. The summed E-state index contributed by atoms with van der Waals surface area (Å²) in [6, 6.07) is 16.3. The highest BCUT2D eigenvalue weighted by atomic mass is 32.1. The molecule has 0 N–H and O–H groups in total. The second-order valence-corrected chi connectivity index (χ2v) is 7.16. The van der Waals surface area contributed by atoms with E-state index in [1.165, 1.54) is 5.56 Å². The molecule has 0 spiro atoms. The van der Waals surface area contributed by atoms with Gasteiger partial charge in [-0.1, -0.05) is 53.8 Å². The Balaban J connectivity index is 1.87. The number of aryl methyl sites for hydroxylation is 2. The van der Waals surface area contributed by atoms with Gasteiger partial charge in [0.05, 0.1) is 16.8 Å². The zero-order chi connectivity index (χ0) is 18.4. The third-order valence-electron chi connectivity index (χ3n) is 4.26. The number of benzene rings is 2. The highest BCUT2D eigenvalue weighted by molar-refractivity contribution is 7.16. The predicted molar refractivity (Wildman–Crippen MR) is 106 cm³/mol. The van der Waals surface area contributed by atoms with Gasteiger partial charge in [-0.15, -0.1) is 0 Å². The molecule has 1 heterocycles. The number of hydrogen-bond donors (Lipinski definition) is 0. The fraction of sp³-hybridized carbons (Fsp3) is 0.333. The molecule has 136 valence electrons. The Kier molecular flexibility index (Phi) is 6.36. The van der Waals surface area contributed by atoms with Crippen molar-refractivity contribution in [3.05, 3.63) is 64.5 Å². The molecule has 4 nitrogen and oxygen atoms in total. The van der Waals surface area contributed by atoms with Crippen LogP contribution in [0.1, 0.15) is 24.5 Å². The van der Waals surface area contributed by atoms with Gasteiger partial charge in [-0.25, -0.2) is 0 Å². The topological polar surface area (TPSA) is 43.6 Å². The van der Waals surface area contributed by atoms with Crippen molar-refractivity contribution in [2.75, 3.05) is 13.2 Å². The molecule has 3 rings (SSSR count). The van der Waals surface area contributed by atoms with Gasteiger partial charge in [0.1, 0.15) is 0 Å². The highest BCUT2D eigenvalue weighted by Crippen LogP contribution is 2.21. The number of carbonyl (C=O) groups is 1. The van der Waals surface area contributed by atoms with Crippen molar-refractivity contribution in [2.24, 2.45) is 4.99 Å². The summed E-state index contributed by atoms with van der Waals surface area (Å²) < 4.78 is 8.78. The third kappa shape index (κ3) is 4.48.